The molecule has 1 aliphatic heterocycles. The molecule has 0 radical (unpaired) electrons. The number of hydrogen-bond acceptors (Lipinski definition) is 2. The molecule has 0 aromatic carbocycles. The van der Waals surface area contributed by atoms with Gasteiger partial charge in [0.15, 0.2) is 0 Å². The van der Waals surface area contributed by atoms with Crippen LogP contribution in [0.4, 0.5) is 0 Å². The van der Waals surface area contributed by atoms with Crippen LogP contribution in [-0.2, 0) is 17.9 Å². The van der Waals surface area contributed by atoms with E-state index in [9.17, 15) is 4.79 Å². The molecule has 1 aromatic heterocycles. The topological polar surface area (TPSA) is 38.1 Å². The maximum atomic E-state index is 12.0. The van der Waals surface area contributed by atoms with Gasteiger partial charge in [0.2, 0.25) is 5.91 Å². The van der Waals surface area contributed by atoms with Crippen molar-refractivity contribution < 1.29 is 4.79 Å². The highest BCUT2D eigenvalue weighted by Gasteiger charge is 2.34. The quantitative estimate of drug-likeness (QED) is 0.858. The van der Waals surface area contributed by atoms with Crippen molar-refractivity contribution in [3.05, 3.63) is 16.1 Å². The van der Waals surface area contributed by atoms with Crippen LogP contribution in [0.25, 0.3) is 0 Å². The molecule has 17 heavy (non-hydrogen) atoms. The SMILES string of the molecule is CCCN1Cc2c(Br)nc(C3CC3)n2CC1=O. The van der Waals surface area contributed by atoms with Crippen LogP contribution in [0.5, 0.6) is 0 Å². The molecular weight excluding hydrogens is 282 g/mol. The van der Waals surface area contributed by atoms with Gasteiger partial charge in [-0.05, 0) is 35.2 Å². The summed E-state index contributed by atoms with van der Waals surface area (Å²) in [5, 5.41) is 0. The maximum absolute atomic E-state index is 12.0. The summed E-state index contributed by atoms with van der Waals surface area (Å²) in [6.45, 7) is 4.12. The summed E-state index contributed by atoms with van der Waals surface area (Å²) < 4.78 is 3.05. The van der Waals surface area contributed by atoms with Crippen molar-refractivity contribution in [2.24, 2.45) is 0 Å². The van der Waals surface area contributed by atoms with E-state index in [1.807, 2.05) is 4.90 Å². The lowest BCUT2D eigenvalue weighted by Crippen LogP contribution is -2.39. The molecule has 4 nitrogen and oxygen atoms in total. The molecule has 1 amide bonds. The first-order chi connectivity index (χ1) is 8.20. The zero-order valence-corrected chi connectivity index (χ0v) is 11.5. The highest BCUT2D eigenvalue weighted by molar-refractivity contribution is 9.10. The van der Waals surface area contributed by atoms with E-state index in [1.54, 1.807) is 0 Å². The van der Waals surface area contributed by atoms with Gasteiger partial charge >= 0.3 is 0 Å². The Morgan fingerprint density at radius 2 is 2.18 bits per heavy atom. The summed E-state index contributed by atoms with van der Waals surface area (Å²) in [7, 11) is 0. The van der Waals surface area contributed by atoms with Gasteiger partial charge in [-0.25, -0.2) is 4.98 Å². The third-order valence-electron chi connectivity index (χ3n) is 3.48. The Labute approximate surface area is 109 Å². The van der Waals surface area contributed by atoms with Crippen LogP contribution in [0.3, 0.4) is 0 Å². The second-order valence-electron chi connectivity index (χ2n) is 4.88. The number of halogens is 1. The molecule has 0 atom stereocenters. The zero-order valence-electron chi connectivity index (χ0n) is 9.95. The van der Waals surface area contributed by atoms with Crippen LogP contribution in [0.1, 0.15) is 43.6 Å². The minimum atomic E-state index is 0.228. The number of imidazole rings is 1. The van der Waals surface area contributed by atoms with E-state index in [1.165, 1.54) is 18.5 Å². The number of aromatic nitrogens is 2. The van der Waals surface area contributed by atoms with Gasteiger partial charge in [0.1, 0.15) is 17.0 Å². The summed E-state index contributed by atoms with van der Waals surface area (Å²) in [5.41, 5.74) is 1.17. The van der Waals surface area contributed by atoms with Gasteiger partial charge in [-0.2, -0.15) is 0 Å². The van der Waals surface area contributed by atoms with Gasteiger partial charge < -0.3 is 9.47 Å². The summed E-state index contributed by atoms with van der Waals surface area (Å²) in [5.74, 6) is 1.92. The predicted octanol–water partition coefficient (Wildman–Crippen LogP) is 2.28. The Bertz CT molecular complexity index is 465. The van der Waals surface area contributed by atoms with Crippen molar-refractivity contribution in [2.75, 3.05) is 6.54 Å². The van der Waals surface area contributed by atoms with E-state index in [4.69, 9.17) is 0 Å². The fraction of sp³-hybridized carbons (Fsp3) is 0.667. The molecule has 1 saturated carbocycles. The van der Waals surface area contributed by atoms with Crippen LogP contribution in [0.15, 0.2) is 4.60 Å². The van der Waals surface area contributed by atoms with Crippen LogP contribution in [-0.4, -0.2) is 26.9 Å². The zero-order chi connectivity index (χ0) is 12.0. The lowest BCUT2D eigenvalue weighted by Gasteiger charge is -2.28. The molecule has 1 fully saturated rings. The van der Waals surface area contributed by atoms with Gasteiger partial charge in [-0.3, -0.25) is 4.79 Å². The van der Waals surface area contributed by atoms with Gasteiger partial charge in [-0.1, -0.05) is 6.92 Å². The number of hydrogen-bond donors (Lipinski definition) is 0. The van der Waals surface area contributed by atoms with Crippen molar-refractivity contribution in [3.8, 4) is 0 Å². The Balaban J connectivity index is 1.94. The molecule has 2 heterocycles. The van der Waals surface area contributed by atoms with Crippen LogP contribution in [0, 0.1) is 0 Å². The first-order valence-corrected chi connectivity index (χ1v) is 7.02. The molecule has 1 aliphatic carbocycles. The molecule has 0 unspecified atom stereocenters. The van der Waals surface area contributed by atoms with E-state index in [0.29, 0.717) is 19.0 Å². The van der Waals surface area contributed by atoms with Crippen molar-refractivity contribution in [3.63, 3.8) is 0 Å². The van der Waals surface area contributed by atoms with Gasteiger partial charge in [0.25, 0.3) is 0 Å². The van der Waals surface area contributed by atoms with E-state index < -0.39 is 0 Å². The molecule has 5 heteroatoms. The smallest absolute Gasteiger partial charge is 0.242 e. The molecule has 2 aliphatic rings. The third-order valence-corrected chi connectivity index (χ3v) is 4.11. The van der Waals surface area contributed by atoms with Crippen molar-refractivity contribution in [1.82, 2.24) is 14.5 Å². The summed E-state index contributed by atoms with van der Waals surface area (Å²) in [6, 6.07) is 0. The molecule has 0 saturated heterocycles. The molecular formula is C12H16BrN3O. The lowest BCUT2D eigenvalue weighted by atomic mass is 10.2. The Kier molecular flexibility index (Phi) is 2.73. The number of carbonyl (C=O) groups is 1. The molecule has 3 rings (SSSR count). The first-order valence-electron chi connectivity index (χ1n) is 6.23. The normalized spacial score (nSPS) is 19.6. The third kappa shape index (κ3) is 1.90. The van der Waals surface area contributed by atoms with Crippen molar-refractivity contribution in [2.45, 2.75) is 45.2 Å². The molecule has 1 aromatic rings. The molecule has 0 spiro atoms. The molecule has 0 bridgehead atoms. The lowest BCUT2D eigenvalue weighted by molar-refractivity contribution is -0.134. The maximum Gasteiger partial charge on any atom is 0.242 e. The summed E-state index contributed by atoms with van der Waals surface area (Å²) >= 11 is 3.53. The van der Waals surface area contributed by atoms with E-state index in [-0.39, 0.29) is 5.91 Å². The van der Waals surface area contributed by atoms with E-state index in [0.717, 1.165) is 23.4 Å². The molecule has 0 N–H and O–H groups in total. The predicted molar refractivity (Wildman–Crippen MR) is 67.6 cm³/mol. The average molecular weight is 298 g/mol. The number of fused-ring (bicyclic) bond motifs is 1. The highest BCUT2D eigenvalue weighted by atomic mass is 79.9. The Morgan fingerprint density at radius 1 is 1.41 bits per heavy atom. The number of carbonyl (C=O) groups excluding carboxylic acids is 1. The van der Waals surface area contributed by atoms with Gasteiger partial charge in [0, 0.05) is 12.5 Å². The molecule has 92 valence electrons. The standard InChI is InChI=1S/C12H16BrN3O/c1-2-5-15-6-9-11(13)14-12(8-3-4-8)16(9)7-10(15)17/h8H,2-7H2,1H3. The minimum Gasteiger partial charge on any atom is -0.335 e. The van der Waals surface area contributed by atoms with Crippen molar-refractivity contribution in [1.29, 1.82) is 0 Å². The monoisotopic (exact) mass is 297 g/mol. The van der Waals surface area contributed by atoms with Gasteiger partial charge in [0.05, 0.1) is 12.2 Å². The van der Waals surface area contributed by atoms with Crippen LogP contribution >= 0.6 is 15.9 Å². The number of rotatable bonds is 3. The van der Waals surface area contributed by atoms with Crippen LogP contribution in [0.2, 0.25) is 0 Å². The Morgan fingerprint density at radius 3 is 2.82 bits per heavy atom. The number of nitrogens with zero attached hydrogens (tertiary/aromatic N) is 3. The van der Waals surface area contributed by atoms with Crippen molar-refractivity contribution >= 4 is 21.8 Å². The minimum absolute atomic E-state index is 0.228. The summed E-state index contributed by atoms with van der Waals surface area (Å²) in [6.07, 6.45) is 3.44. The second-order valence-corrected chi connectivity index (χ2v) is 5.63. The second kappa shape index (κ2) is 4.12. The fourth-order valence-electron chi connectivity index (χ4n) is 2.43. The van der Waals surface area contributed by atoms with Crippen LogP contribution < -0.4 is 0 Å². The highest BCUT2D eigenvalue weighted by Crippen LogP contribution is 2.41. The first kappa shape index (κ1) is 11.3. The van der Waals surface area contributed by atoms with Gasteiger partial charge in [-0.15, -0.1) is 0 Å². The van der Waals surface area contributed by atoms with E-state index >= 15 is 0 Å². The Hall–Kier alpha value is -0.840. The largest absolute Gasteiger partial charge is 0.335 e. The number of amides is 1. The fourth-order valence-corrected chi connectivity index (χ4v) is 2.95. The summed E-state index contributed by atoms with van der Waals surface area (Å²) in [4.78, 5) is 18.5. The van der Waals surface area contributed by atoms with E-state index in [2.05, 4.69) is 32.4 Å². The average Bonchev–Trinajstić information content (AvgIpc) is 3.08.